The first-order valence-electron chi connectivity index (χ1n) is 11.0. The lowest BCUT2D eigenvalue weighted by atomic mass is 9.94. The largest absolute Gasteiger partial charge is 0.444 e. The molecule has 0 fully saturated rings. The number of ether oxygens (including phenoxy) is 1. The Morgan fingerprint density at radius 1 is 1.06 bits per heavy atom. The zero-order valence-electron chi connectivity index (χ0n) is 19.1. The van der Waals surface area contributed by atoms with Crippen LogP contribution < -0.4 is 0 Å². The van der Waals surface area contributed by atoms with E-state index in [1.54, 1.807) is 4.90 Å². The molecule has 4 nitrogen and oxygen atoms in total. The summed E-state index contributed by atoms with van der Waals surface area (Å²) in [6.07, 6.45) is 0.834. The number of nitrogens with zero attached hydrogens (tertiary/aromatic N) is 1. The predicted molar refractivity (Wildman–Crippen MR) is 129 cm³/mol. The standard InChI is InChI=1S/C27H29NO3S/c1-18-20(11-8-12-22(18)19-9-6-5-7-10-19)15-23(29)24-16-21-13-14-28(17-25(21)32-24)26(30)31-27(2,3)4/h5-12,16H,13-15,17H2,1-4H3. The third kappa shape index (κ3) is 4.94. The van der Waals surface area contributed by atoms with E-state index in [9.17, 15) is 9.59 Å². The molecule has 0 aliphatic carbocycles. The summed E-state index contributed by atoms with van der Waals surface area (Å²) in [6, 6.07) is 18.4. The van der Waals surface area contributed by atoms with Crippen LogP contribution >= 0.6 is 11.3 Å². The van der Waals surface area contributed by atoms with Crippen molar-refractivity contribution in [3.63, 3.8) is 0 Å². The van der Waals surface area contributed by atoms with Crippen LogP contribution in [-0.4, -0.2) is 28.9 Å². The molecule has 3 aromatic rings. The molecule has 4 rings (SSSR count). The van der Waals surface area contributed by atoms with Crippen molar-refractivity contribution < 1.29 is 14.3 Å². The minimum atomic E-state index is -0.514. The van der Waals surface area contributed by atoms with E-state index in [-0.39, 0.29) is 11.9 Å². The van der Waals surface area contributed by atoms with Gasteiger partial charge < -0.3 is 9.64 Å². The second-order valence-corrected chi connectivity index (χ2v) is 10.4. The van der Waals surface area contributed by atoms with Gasteiger partial charge in [0.25, 0.3) is 0 Å². The molecular weight excluding hydrogens is 418 g/mol. The van der Waals surface area contributed by atoms with E-state index in [0.29, 0.717) is 19.5 Å². The molecule has 0 spiro atoms. The van der Waals surface area contributed by atoms with Crippen LogP contribution in [0, 0.1) is 6.92 Å². The van der Waals surface area contributed by atoms with Crippen LogP contribution in [0.2, 0.25) is 0 Å². The number of thiophene rings is 1. The molecule has 1 aliphatic rings. The summed E-state index contributed by atoms with van der Waals surface area (Å²) in [6.45, 7) is 8.82. The monoisotopic (exact) mass is 447 g/mol. The fourth-order valence-corrected chi connectivity index (χ4v) is 5.17. The van der Waals surface area contributed by atoms with Gasteiger partial charge in [-0.2, -0.15) is 0 Å². The van der Waals surface area contributed by atoms with Gasteiger partial charge in [-0.05, 0) is 68.0 Å². The maximum absolute atomic E-state index is 13.1. The van der Waals surface area contributed by atoms with Crippen LogP contribution in [0.3, 0.4) is 0 Å². The fraction of sp³-hybridized carbons (Fsp3) is 0.333. The molecule has 166 valence electrons. The van der Waals surface area contributed by atoms with Crippen LogP contribution in [0.5, 0.6) is 0 Å². The third-order valence-corrected chi connectivity index (χ3v) is 6.89. The molecule has 0 saturated heterocycles. The highest BCUT2D eigenvalue weighted by Gasteiger charge is 2.28. The quantitative estimate of drug-likeness (QED) is 0.432. The molecule has 2 heterocycles. The molecule has 1 aliphatic heterocycles. The lowest BCUT2D eigenvalue weighted by Crippen LogP contribution is -2.39. The van der Waals surface area contributed by atoms with Gasteiger partial charge in [0.2, 0.25) is 0 Å². The Morgan fingerprint density at radius 2 is 1.81 bits per heavy atom. The SMILES string of the molecule is Cc1c(CC(=O)c2cc3c(s2)CN(C(=O)OC(C)(C)C)CC3)cccc1-c1ccccc1. The maximum atomic E-state index is 13.1. The molecule has 0 radical (unpaired) electrons. The minimum Gasteiger partial charge on any atom is -0.444 e. The van der Waals surface area contributed by atoms with Crippen molar-refractivity contribution in [2.45, 2.75) is 52.7 Å². The molecule has 0 unspecified atom stereocenters. The second-order valence-electron chi connectivity index (χ2n) is 9.27. The van der Waals surface area contributed by atoms with Gasteiger partial charge in [-0.25, -0.2) is 4.79 Å². The van der Waals surface area contributed by atoms with Gasteiger partial charge in [0.15, 0.2) is 5.78 Å². The molecular formula is C27H29NO3S. The van der Waals surface area contributed by atoms with Gasteiger partial charge in [0.1, 0.15) is 5.60 Å². The van der Waals surface area contributed by atoms with Crippen LogP contribution in [0.1, 0.15) is 52.0 Å². The molecule has 1 amide bonds. The molecule has 1 aromatic heterocycles. The molecule has 2 aromatic carbocycles. The molecule has 0 bridgehead atoms. The summed E-state index contributed by atoms with van der Waals surface area (Å²) in [5.74, 6) is 0.126. The number of carbonyl (C=O) groups is 2. The van der Waals surface area contributed by atoms with Gasteiger partial charge in [-0.15, -0.1) is 11.3 Å². The highest BCUT2D eigenvalue weighted by molar-refractivity contribution is 7.14. The van der Waals surface area contributed by atoms with Gasteiger partial charge in [0, 0.05) is 17.8 Å². The van der Waals surface area contributed by atoms with Crippen molar-refractivity contribution in [2.24, 2.45) is 0 Å². The normalized spacial score (nSPS) is 13.6. The van der Waals surface area contributed by atoms with Gasteiger partial charge in [-0.3, -0.25) is 4.79 Å². The summed E-state index contributed by atoms with van der Waals surface area (Å²) in [4.78, 5) is 29.2. The molecule has 5 heteroatoms. The van der Waals surface area contributed by atoms with Crippen molar-refractivity contribution >= 4 is 23.2 Å². The number of rotatable bonds is 4. The molecule has 0 N–H and O–H groups in total. The topological polar surface area (TPSA) is 46.6 Å². The third-order valence-electron chi connectivity index (χ3n) is 5.69. The number of benzene rings is 2. The highest BCUT2D eigenvalue weighted by atomic mass is 32.1. The minimum absolute atomic E-state index is 0.126. The van der Waals surface area contributed by atoms with Crippen LogP contribution in [-0.2, 0) is 24.1 Å². The summed E-state index contributed by atoms with van der Waals surface area (Å²) < 4.78 is 5.51. The predicted octanol–water partition coefficient (Wildman–Crippen LogP) is 6.44. The Labute approximate surface area is 193 Å². The summed E-state index contributed by atoms with van der Waals surface area (Å²) in [7, 11) is 0. The first kappa shape index (κ1) is 22.3. The number of carbonyl (C=O) groups excluding carboxylic acids is 2. The van der Waals surface area contributed by atoms with Crippen LogP contribution in [0.15, 0.2) is 54.6 Å². The zero-order chi connectivity index (χ0) is 22.9. The van der Waals surface area contributed by atoms with Gasteiger partial charge in [-0.1, -0.05) is 48.5 Å². The highest BCUT2D eigenvalue weighted by Crippen LogP contribution is 2.31. The van der Waals surface area contributed by atoms with Gasteiger partial charge >= 0.3 is 6.09 Å². The first-order chi connectivity index (χ1) is 15.2. The molecule has 32 heavy (non-hydrogen) atoms. The van der Waals surface area contributed by atoms with Crippen LogP contribution in [0.4, 0.5) is 4.79 Å². The Bertz CT molecular complexity index is 1140. The summed E-state index contributed by atoms with van der Waals surface area (Å²) in [5.41, 5.74) is 5.18. The lowest BCUT2D eigenvalue weighted by molar-refractivity contribution is 0.0226. The van der Waals surface area contributed by atoms with Crippen molar-refractivity contribution in [3.05, 3.63) is 81.0 Å². The average molecular weight is 448 g/mol. The average Bonchev–Trinajstić information content (AvgIpc) is 3.18. The number of Topliss-reactive ketones (excluding diaryl/α,β-unsaturated/α-hetero) is 1. The Kier molecular flexibility index (Phi) is 6.20. The van der Waals surface area contributed by atoms with Gasteiger partial charge in [0.05, 0.1) is 11.4 Å². The maximum Gasteiger partial charge on any atom is 0.410 e. The number of amides is 1. The lowest BCUT2D eigenvalue weighted by Gasteiger charge is -2.29. The first-order valence-corrected chi connectivity index (χ1v) is 11.8. The smallest absolute Gasteiger partial charge is 0.410 e. The Hall–Kier alpha value is -2.92. The Morgan fingerprint density at radius 3 is 2.53 bits per heavy atom. The zero-order valence-corrected chi connectivity index (χ0v) is 19.9. The van der Waals surface area contributed by atoms with Crippen molar-refractivity contribution in [1.82, 2.24) is 4.90 Å². The van der Waals surface area contributed by atoms with E-state index in [1.165, 1.54) is 16.9 Å². The van der Waals surface area contributed by atoms with E-state index in [1.807, 2.05) is 57.2 Å². The molecule has 0 atom stereocenters. The van der Waals surface area contributed by atoms with Crippen molar-refractivity contribution in [2.75, 3.05) is 6.54 Å². The summed E-state index contributed by atoms with van der Waals surface area (Å²) >= 11 is 1.51. The van der Waals surface area contributed by atoms with Crippen molar-refractivity contribution in [1.29, 1.82) is 0 Å². The molecule has 0 saturated carbocycles. The van der Waals surface area contributed by atoms with E-state index in [2.05, 4.69) is 25.1 Å². The van der Waals surface area contributed by atoms with E-state index in [0.717, 1.165) is 38.4 Å². The summed E-state index contributed by atoms with van der Waals surface area (Å²) in [5, 5.41) is 0. The number of hydrogen-bond acceptors (Lipinski definition) is 4. The number of ketones is 1. The van der Waals surface area contributed by atoms with Crippen LogP contribution in [0.25, 0.3) is 11.1 Å². The van der Waals surface area contributed by atoms with E-state index in [4.69, 9.17) is 4.74 Å². The number of hydrogen-bond donors (Lipinski definition) is 0. The van der Waals surface area contributed by atoms with E-state index >= 15 is 0 Å². The second kappa shape index (κ2) is 8.91. The fourth-order valence-electron chi connectivity index (χ4n) is 4.00. The van der Waals surface area contributed by atoms with Crippen molar-refractivity contribution in [3.8, 4) is 11.1 Å². The Balaban J connectivity index is 1.49. The number of fused-ring (bicyclic) bond motifs is 1. The van der Waals surface area contributed by atoms with E-state index < -0.39 is 5.60 Å².